The van der Waals surface area contributed by atoms with Crippen molar-refractivity contribution < 1.29 is 0 Å². The summed E-state index contributed by atoms with van der Waals surface area (Å²) in [5.41, 5.74) is 2.71. The summed E-state index contributed by atoms with van der Waals surface area (Å²) in [4.78, 5) is 0. The molecule has 1 rings (SSSR count). The maximum Gasteiger partial charge on any atom is 0.0323 e. The van der Waals surface area contributed by atoms with Crippen LogP contribution in [0.2, 0.25) is 0 Å². The number of aryl methyl sites for hydroxylation is 1. The molecule has 0 aliphatic carbocycles. The van der Waals surface area contributed by atoms with E-state index in [4.69, 9.17) is 6.42 Å². The molecular formula is C15H20BrN. The summed E-state index contributed by atoms with van der Waals surface area (Å²) >= 11 is 3.50. The highest BCUT2D eigenvalue weighted by Gasteiger charge is 2.12. The van der Waals surface area contributed by atoms with E-state index in [0.717, 1.165) is 30.3 Å². The third-order valence-corrected chi connectivity index (χ3v) is 3.36. The number of benzene rings is 1. The molecule has 1 unspecified atom stereocenters. The Morgan fingerprint density at radius 2 is 2.24 bits per heavy atom. The first-order valence-corrected chi connectivity index (χ1v) is 6.91. The first-order chi connectivity index (χ1) is 8.19. The summed E-state index contributed by atoms with van der Waals surface area (Å²) in [6, 6.07) is 6.89. The second-order valence-corrected chi connectivity index (χ2v) is 5.12. The van der Waals surface area contributed by atoms with Crippen LogP contribution in [-0.2, 0) is 0 Å². The van der Waals surface area contributed by atoms with E-state index >= 15 is 0 Å². The topological polar surface area (TPSA) is 12.0 Å². The van der Waals surface area contributed by atoms with Crippen LogP contribution >= 0.6 is 15.9 Å². The SMILES string of the molecule is C#CCCCC(NCC)c1ccc(Br)cc1C. The van der Waals surface area contributed by atoms with E-state index in [9.17, 15) is 0 Å². The van der Waals surface area contributed by atoms with E-state index < -0.39 is 0 Å². The first kappa shape index (κ1) is 14.3. The van der Waals surface area contributed by atoms with Gasteiger partial charge in [-0.3, -0.25) is 0 Å². The zero-order chi connectivity index (χ0) is 12.7. The van der Waals surface area contributed by atoms with Gasteiger partial charge in [-0.2, -0.15) is 0 Å². The van der Waals surface area contributed by atoms with Gasteiger partial charge in [0, 0.05) is 16.9 Å². The van der Waals surface area contributed by atoms with Crippen molar-refractivity contribution >= 4 is 15.9 Å². The zero-order valence-corrected chi connectivity index (χ0v) is 12.2. The summed E-state index contributed by atoms with van der Waals surface area (Å²) in [5, 5.41) is 3.53. The third-order valence-electron chi connectivity index (χ3n) is 2.87. The molecule has 1 N–H and O–H groups in total. The van der Waals surface area contributed by atoms with Crippen LogP contribution in [0.15, 0.2) is 22.7 Å². The fourth-order valence-corrected chi connectivity index (χ4v) is 2.53. The molecule has 1 nitrogen and oxygen atoms in total. The minimum absolute atomic E-state index is 0.418. The minimum Gasteiger partial charge on any atom is -0.310 e. The van der Waals surface area contributed by atoms with E-state index in [-0.39, 0.29) is 0 Å². The Labute approximate surface area is 113 Å². The van der Waals surface area contributed by atoms with Gasteiger partial charge in [0.1, 0.15) is 0 Å². The standard InChI is InChI=1S/C15H20BrN/c1-4-6-7-8-15(17-5-2)14-10-9-13(16)11-12(14)3/h1,9-11,15,17H,5-8H2,2-3H3. The molecule has 0 fully saturated rings. The molecule has 0 bridgehead atoms. The van der Waals surface area contributed by atoms with Crippen molar-refractivity contribution in [1.82, 2.24) is 5.32 Å². The molecule has 1 aromatic carbocycles. The van der Waals surface area contributed by atoms with Crippen molar-refractivity contribution in [3.05, 3.63) is 33.8 Å². The van der Waals surface area contributed by atoms with Crippen LogP contribution in [0.25, 0.3) is 0 Å². The largest absolute Gasteiger partial charge is 0.310 e. The number of hydrogen-bond acceptors (Lipinski definition) is 1. The number of rotatable bonds is 6. The first-order valence-electron chi connectivity index (χ1n) is 6.12. The van der Waals surface area contributed by atoms with Gasteiger partial charge < -0.3 is 5.32 Å². The normalized spacial score (nSPS) is 12.1. The van der Waals surface area contributed by atoms with E-state index in [2.05, 4.69) is 59.2 Å². The van der Waals surface area contributed by atoms with Crippen molar-refractivity contribution in [3.8, 4) is 12.3 Å². The van der Waals surface area contributed by atoms with Crippen LogP contribution in [0.4, 0.5) is 0 Å². The van der Waals surface area contributed by atoms with Crippen LogP contribution in [0, 0.1) is 19.3 Å². The highest BCUT2D eigenvalue weighted by Crippen LogP contribution is 2.25. The van der Waals surface area contributed by atoms with Gasteiger partial charge in [0.15, 0.2) is 0 Å². The van der Waals surface area contributed by atoms with Crippen molar-refractivity contribution in [2.75, 3.05) is 6.54 Å². The van der Waals surface area contributed by atoms with Gasteiger partial charge in [0.25, 0.3) is 0 Å². The highest BCUT2D eigenvalue weighted by molar-refractivity contribution is 9.10. The number of terminal acetylenes is 1. The van der Waals surface area contributed by atoms with E-state index in [0.29, 0.717) is 6.04 Å². The second-order valence-electron chi connectivity index (χ2n) is 4.21. The summed E-state index contributed by atoms with van der Waals surface area (Å²) in [6.07, 6.45) is 8.33. The molecule has 0 radical (unpaired) electrons. The van der Waals surface area contributed by atoms with Crippen LogP contribution in [-0.4, -0.2) is 6.54 Å². The molecule has 1 aromatic rings. The van der Waals surface area contributed by atoms with Gasteiger partial charge in [0.05, 0.1) is 0 Å². The Balaban J connectivity index is 2.78. The molecule has 0 aromatic heterocycles. The summed E-state index contributed by atoms with van der Waals surface area (Å²) in [6.45, 7) is 5.28. The average molecular weight is 294 g/mol. The van der Waals surface area contributed by atoms with Gasteiger partial charge in [-0.15, -0.1) is 12.3 Å². The molecule has 0 heterocycles. The monoisotopic (exact) mass is 293 g/mol. The Morgan fingerprint density at radius 1 is 1.47 bits per heavy atom. The van der Waals surface area contributed by atoms with Crippen LogP contribution < -0.4 is 5.32 Å². The summed E-state index contributed by atoms with van der Waals surface area (Å²) in [7, 11) is 0. The van der Waals surface area contributed by atoms with Crippen molar-refractivity contribution in [1.29, 1.82) is 0 Å². The smallest absolute Gasteiger partial charge is 0.0323 e. The molecule has 92 valence electrons. The zero-order valence-electron chi connectivity index (χ0n) is 10.6. The molecule has 0 saturated heterocycles. The van der Waals surface area contributed by atoms with E-state index in [1.165, 1.54) is 11.1 Å². The number of hydrogen-bond donors (Lipinski definition) is 1. The Hall–Kier alpha value is -0.780. The van der Waals surface area contributed by atoms with E-state index in [1.807, 2.05) is 0 Å². The van der Waals surface area contributed by atoms with E-state index in [1.54, 1.807) is 0 Å². The molecule has 17 heavy (non-hydrogen) atoms. The Kier molecular flexibility index (Phi) is 6.32. The lowest BCUT2D eigenvalue weighted by atomic mass is 9.97. The van der Waals surface area contributed by atoms with Crippen molar-refractivity contribution in [3.63, 3.8) is 0 Å². The lowest BCUT2D eigenvalue weighted by molar-refractivity contribution is 0.500. The number of nitrogens with one attached hydrogen (secondary N) is 1. The summed E-state index contributed by atoms with van der Waals surface area (Å²) in [5.74, 6) is 2.71. The minimum atomic E-state index is 0.418. The van der Waals surface area contributed by atoms with Gasteiger partial charge >= 0.3 is 0 Å². The maximum atomic E-state index is 5.30. The van der Waals surface area contributed by atoms with Crippen LogP contribution in [0.3, 0.4) is 0 Å². The van der Waals surface area contributed by atoms with Crippen LogP contribution in [0.1, 0.15) is 43.4 Å². The fourth-order valence-electron chi connectivity index (χ4n) is 2.05. The lowest BCUT2D eigenvalue weighted by Crippen LogP contribution is -2.21. The second kappa shape index (κ2) is 7.53. The Morgan fingerprint density at radius 3 is 2.82 bits per heavy atom. The van der Waals surface area contributed by atoms with Gasteiger partial charge in [-0.05, 0) is 49.6 Å². The van der Waals surface area contributed by atoms with Gasteiger partial charge in [-0.25, -0.2) is 0 Å². The molecule has 2 heteroatoms. The fraction of sp³-hybridized carbons (Fsp3) is 0.467. The predicted octanol–water partition coefficient (Wildman–Crippen LogP) is 4.21. The molecule has 0 aliphatic heterocycles. The van der Waals surface area contributed by atoms with Gasteiger partial charge in [0.2, 0.25) is 0 Å². The maximum absolute atomic E-state index is 5.30. The quantitative estimate of drug-likeness (QED) is 0.612. The average Bonchev–Trinajstić information content (AvgIpc) is 2.28. The van der Waals surface area contributed by atoms with Crippen LogP contribution in [0.5, 0.6) is 0 Å². The molecule has 0 spiro atoms. The Bertz CT molecular complexity index is 392. The van der Waals surface area contributed by atoms with Crippen molar-refractivity contribution in [2.24, 2.45) is 0 Å². The lowest BCUT2D eigenvalue weighted by Gasteiger charge is -2.20. The highest BCUT2D eigenvalue weighted by atomic mass is 79.9. The van der Waals surface area contributed by atoms with Crippen molar-refractivity contribution in [2.45, 2.75) is 39.2 Å². The van der Waals surface area contributed by atoms with Gasteiger partial charge in [-0.1, -0.05) is 28.9 Å². The predicted molar refractivity (Wildman–Crippen MR) is 78.0 cm³/mol. The molecule has 1 atom stereocenters. The third kappa shape index (κ3) is 4.53. The number of halogens is 1. The molecule has 0 saturated carbocycles. The number of unbranched alkanes of at least 4 members (excludes halogenated alkanes) is 1. The molecular weight excluding hydrogens is 274 g/mol. The molecule has 0 amide bonds. The summed E-state index contributed by atoms with van der Waals surface area (Å²) < 4.78 is 1.14. The molecule has 0 aliphatic rings.